The SMILES string of the molecule is CC1CCCC(n2cc(CNC3CC3)nn2)C1. The van der Waals surface area contributed by atoms with E-state index in [2.05, 4.69) is 33.4 Å². The maximum atomic E-state index is 4.30. The van der Waals surface area contributed by atoms with E-state index in [1.807, 2.05) is 0 Å². The zero-order chi connectivity index (χ0) is 11.7. The third-order valence-corrected chi connectivity index (χ3v) is 3.99. The average Bonchev–Trinajstić information content (AvgIpc) is 3.04. The molecule has 0 aromatic carbocycles. The van der Waals surface area contributed by atoms with Gasteiger partial charge in [0.25, 0.3) is 0 Å². The molecule has 0 radical (unpaired) electrons. The summed E-state index contributed by atoms with van der Waals surface area (Å²) in [5.74, 6) is 0.839. The standard InChI is InChI=1S/C13H22N4/c1-10-3-2-4-13(7-10)17-9-12(15-16-17)8-14-11-5-6-11/h9-11,13-14H,2-8H2,1H3. The summed E-state index contributed by atoms with van der Waals surface area (Å²) in [5.41, 5.74) is 1.09. The van der Waals surface area contributed by atoms with Crippen LogP contribution in [-0.4, -0.2) is 21.0 Å². The highest BCUT2D eigenvalue weighted by Crippen LogP contribution is 2.31. The van der Waals surface area contributed by atoms with Crippen molar-refractivity contribution in [2.45, 2.75) is 64.1 Å². The summed E-state index contributed by atoms with van der Waals surface area (Å²) < 4.78 is 2.10. The van der Waals surface area contributed by atoms with Crippen molar-refractivity contribution >= 4 is 0 Å². The van der Waals surface area contributed by atoms with Crippen LogP contribution >= 0.6 is 0 Å². The molecule has 0 bridgehead atoms. The Bertz CT molecular complexity index is 369. The van der Waals surface area contributed by atoms with Crippen molar-refractivity contribution in [3.63, 3.8) is 0 Å². The van der Waals surface area contributed by atoms with Crippen LogP contribution in [0, 0.1) is 5.92 Å². The zero-order valence-electron chi connectivity index (χ0n) is 10.6. The predicted molar refractivity (Wildman–Crippen MR) is 66.6 cm³/mol. The Labute approximate surface area is 103 Å². The lowest BCUT2D eigenvalue weighted by Crippen LogP contribution is -2.18. The van der Waals surface area contributed by atoms with Crippen LogP contribution in [0.1, 0.15) is 57.2 Å². The van der Waals surface area contributed by atoms with Crippen LogP contribution in [0.2, 0.25) is 0 Å². The minimum Gasteiger partial charge on any atom is -0.308 e. The van der Waals surface area contributed by atoms with Gasteiger partial charge in [-0.15, -0.1) is 5.10 Å². The maximum Gasteiger partial charge on any atom is 0.0965 e. The topological polar surface area (TPSA) is 42.7 Å². The second-order valence-electron chi connectivity index (χ2n) is 5.77. The lowest BCUT2D eigenvalue weighted by atomic mass is 9.87. The van der Waals surface area contributed by atoms with Crippen molar-refractivity contribution in [3.05, 3.63) is 11.9 Å². The van der Waals surface area contributed by atoms with Crippen LogP contribution in [0.5, 0.6) is 0 Å². The number of nitrogens with one attached hydrogen (secondary N) is 1. The van der Waals surface area contributed by atoms with E-state index in [1.165, 1.54) is 38.5 Å². The molecule has 2 aliphatic rings. The van der Waals surface area contributed by atoms with Crippen LogP contribution < -0.4 is 5.32 Å². The molecule has 1 aromatic heterocycles. The van der Waals surface area contributed by atoms with E-state index in [1.54, 1.807) is 0 Å². The summed E-state index contributed by atoms with van der Waals surface area (Å²) in [6, 6.07) is 1.33. The second kappa shape index (κ2) is 4.77. The summed E-state index contributed by atoms with van der Waals surface area (Å²) in [4.78, 5) is 0. The summed E-state index contributed by atoms with van der Waals surface area (Å²) in [6.45, 7) is 3.23. The molecule has 1 heterocycles. The third kappa shape index (κ3) is 2.86. The molecule has 2 unspecified atom stereocenters. The second-order valence-corrected chi connectivity index (χ2v) is 5.77. The Morgan fingerprint density at radius 2 is 2.24 bits per heavy atom. The van der Waals surface area contributed by atoms with Crippen LogP contribution in [-0.2, 0) is 6.54 Å². The Morgan fingerprint density at radius 1 is 1.35 bits per heavy atom. The highest BCUT2D eigenvalue weighted by atomic mass is 15.4. The van der Waals surface area contributed by atoms with Crippen LogP contribution in [0.4, 0.5) is 0 Å². The van der Waals surface area contributed by atoms with Gasteiger partial charge >= 0.3 is 0 Å². The van der Waals surface area contributed by atoms with Crippen molar-refractivity contribution < 1.29 is 0 Å². The van der Waals surface area contributed by atoms with Gasteiger partial charge in [-0.3, -0.25) is 0 Å². The molecular formula is C13H22N4. The molecule has 1 N–H and O–H groups in total. The lowest BCUT2D eigenvalue weighted by Gasteiger charge is -2.26. The lowest BCUT2D eigenvalue weighted by molar-refractivity contribution is 0.263. The smallest absolute Gasteiger partial charge is 0.0965 e. The highest BCUT2D eigenvalue weighted by molar-refractivity contribution is 4.95. The van der Waals surface area contributed by atoms with Crippen LogP contribution in [0.25, 0.3) is 0 Å². The normalized spacial score (nSPS) is 29.5. The molecule has 4 nitrogen and oxygen atoms in total. The summed E-state index contributed by atoms with van der Waals surface area (Å²) >= 11 is 0. The van der Waals surface area contributed by atoms with E-state index in [0.29, 0.717) is 6.04 Å². The van der Waals surface area contributed by atoms with Crippen molar-refractivity contribution in [2.75, 3.05) is 0 Å². The van der Waals surface area contributed by atoms with E-state index in [9.17, 15) is 0 Å². The van der Waals surface area contributed by atoms with Crippen LogP contribution in [0.15, 0.2) is 6.20 Å². The van der Waals surface area contributed by atoms with Gasteiger partial charge in [0.2, 0.25) is 0 Å². The molecule has 0 saturated heterocycles. The molecule has 0 spiro atoms. The predicted octanol–water partition coefficient (Wildman–Crippen LogP) is 2.28. The molecule has 1 aromatic rings. The van der Waals surface area contributed by atoms with Gasteiger partial charge < -0.3 is 5.32 Å². The van der Waals surface area contributed by atoms with Gasteiger partial charge in [-0.2, -0.15) is 0 Å². The quantitative estimate of drug-likeness (QED) is 0.869. The summed E-state index contributed by atoms with van der Waals surface area (Å²) in [6.07, 6.45) is 10.0. The molecule has 94 valence electrons. The first kappa shape index (κ1) is 11.2. The Hall–Kier alpha value is -0.900. The van der Waals surface area contributed by atoms with Gasteiger partial charge in [0, 0.05) is 12.6 Å². The molecule has 2 atom stereocenters. The van der Waals surface area contributed by atoms with E-state index < -0.39 is 0 Å². The fourth-order valence-electron chi connectivity index (χ4n) is 2.75. The van der Waals surface area contributed by atoms with Crippen molar-refractivity contribution in [2.24, 2.45) is 5.92 Å². The zero-order valence-corrected chi connectivity index (χ0v) is 10.6. The van der Waals surface area contributed by atoms with Crippen molar-refractivity contribution in [3.8, 4) is 0 Å². The van der Waals surface area contributed by atoms with Crippen molar-refractivity contribution in [1.82, 2.24) is 20.3 Å². The summed E-state index contributed by atoms with van der Waals surface area (Å²) in [5, 5.41) is 12.0. The maximum absolute atomic E-state index is 4.30. The Morgan fingerprint density at radius 3 is 3.00 bits per heavy atom. The van der Waals surface area contributed by atoms with Gasteiger partial charge in [-0.1, -0.05) is 25.0 Å². The first-order valence-electron chi connectivity index (χ1n) is 6.95. The Kier molecular flexibility index (Phi) is 3.14. The molecular weight excluding hydrogens is 212 g/mol. The Balaban J connectivity index is 1.58. The minimum atomic E-state index is 0.584. The van der Waals surface area contributed by atoms with Gasteiger partial charge in [0.05, 0.1) is 17.9 Å². The van der Waals surface area contributed by atoms with Crippen LogP contribution in [0.3, 0.4) is 0 Å². The van der Waals surface area contributed by atoms with E-state index >= 15 is 0 Å². The first-order chi connectivity index (χ1) is 8.31. The molecule has 0 aliphatic heterocycles. The fraction of sp³-hybridized carbons (Fsp3) is 0.846. The van der Waals surface area contributed by atoms with E-state index in [4.69, 9.17) is 0 Å². The van der Waals surface area contributed by atoms with Crippen molar-refractivity contribution in [1.29, 1.82) is 0 Å². The largest absolute Gasteiger partial charge is 0.308 e. The molecule has 2 fully saturated rings. The highest BCUT2D eigenvalue weighted by Gasteiger charge is 2.23. The number of nitrogens with zero attached hydrogens (tertiary/aromatic N) is 3. The summed E-state index contributed by atoms with van der Waals surface area (Å²) in [7, 11) is 0. The number of aromatic nitrogens is 3. The molecule has 2 saturated carbocycles. The fourth-order valence-corrected chi connectivity index (χ4v) is 2.75. The van der Waals surface area contributed by atoms with E-state index in [0.717, 1.165) is 24.2 Å². The molecule has 17 heavy (non-hydrogen) atoms. The van der Waals surface area contributed by atoms with Gasteiger partial charge in [0.1, 0.15) is 0 Å². The third-order valence-electron chi connectivity index (χ3n) is 3.99. The monoisotopic (exact) mass is 234 g/mol. The molecule has 3 rings (SSSR count). The van der Waals surface area contributed by atoms with Gasteiger partial charge in [-0.05, 0) is 31.6 Å². The van der Waals surface area contributed by atoms with Gasteiger partial charge in [-0.25, -0.2) is 4.68 Å². The molecule has 2 aliphatic carbocycles. The van der Waals surface area contributed by atoms with Gasteiger partial charge in [0.15, 0.2) is 0 Å². The first-order valence-corrected chi connectivity index (χ1v) is 6.95. The average molecular weight is 234 g/mol. The van der Waals surface area contributed by atoms with E-state index in [-0.39, 0.29) is 0 Å². The number of hydrogen-bond acceptors (Lipinski definition) is 3. The number of hydrogen-bond donors (Lipinski definition) is 1. The molecule has 4 heteroatoms. The molecule has 0 amide bonds. The minimum absolute atomic E-state index is 0.584. The number of rotatable bonds is 4.